The van der Waals surface area contributed by atoms with E-state index in [9.17, 15) is 9.90 Å². The first-order valence-corrected chi connectivity index (χ1v) is 9.62. The molecule has 0 aliphatic rings. The summed E-state index contributed by atoms with van der Waals surface area (Å²) in [6, 6.07) is 25.7. The van der Waals surface area contributed by atoms with Gasteiger partial charge in [0.05, 0.1) is 11.9 Å². The quantitative estimate of drug-likeness (QED) is 0.314. The third-order valence-corrected chi connectivity index (χ3v) is 4.47. The second-order valence-corrected chi connectivity index (χ2v) is 6.76. The lowest BCUT2D eigenvalue weighted by molar-refractivity contribution is 0.0950. The molecule has 4 rings (SSSR count). The Bertz CT molecular complexity index is 1180. The highest BCUT2D eigenvalue weighted by Gasteiger charge is 2.10. The first-order valence-electron chi connectivity index (χ1n) is 9.62. The minimum Gasteiger partial charge on any atom is -0.508 e. The third-order valence-electron chi connectivity index (χ3n) is 4.47. The van der Waals surface area contributed by atoms with Crippen molar-refractivity contribution in [1.82, 2.24) is 15.6 Å². The number of carbonyl (C=O) groups is 1. The van der Waals surface area contributed by atoms with Crippen molar-refractivity contribution in [3.05, 3.63) is 102 Å². The predicted molar refractivity (Wildman–Crippen MR) is 118 cm³/mol. The second-order valence-electron chi connectivity index (χ2n) is 6.76. The van der Waals surface area contributed by atoms with Gasteiger partial charge in [-0.25, -0.2) is 5.43 Å². The fourth-order valence-corrected chi connectivity index (χ4v) is 2.88. The Balaban J connectivity index is 1.35. The number of benzene rings is 3. The zero-order valence-electron chi connectivity index (χ0n) is 16.5. The van der Waals surface area contributed by atoms with Gasteiger partial charge in [0.1, 0.15) is 23.8 Å². The third kappa shape index (κ3) is 5.36. The van der Waals surface area contributed by atoms with Crippen molar-refractivity contribution in [3.8, 4) is 22.8 Å². The number of hydrazone groups is 1. The van der Waals surface area contributed by atoms with Crippen LogP contribution in [0, 0.1) is 0 Å². The van der Waals surface area contributed by atoms with E-state index in [1.165, 1.54) is 12.3 Å². The van der Waals surface area contributed by atoms with Crippen LogP contribution in [0.5, 0.6) is 11.5 Å². The molecular formula is C24H20N4O3. The van der Waals surface area contributed by atoms with Crippen LogP contribution in [-0.4, -0.2) is 27.4 Å². The molecule has 0 saturated heterocycles. The summed E-state index contributed by atoms with van der Waals surface area (Å²) in [6.45, 7) is 0.496. The summed E-state index contributed by atoms with van der Waals surface area (Å²) in [6.07, 6.45) is 1.45. The number of phenolic OH excluding ortho intramolecular Hbond substituents is 1. The van der Waals surface area contributed by atoms with Crippen molar-refractivity contribution in [3.63, 3.8) is 0 Å². The van der Waals surface area contributed by atoms with Crippen LogP contribution in [0.3, 0.4) is 0 Å². The van der Waals surface area contributed by atoms with Crippen LogP contribution in [0.4, 0.5) is 0 Å². The van der Waals surface area contributed by atoms with Crippen molar-refractivity contribution < 1.29 is 14.6 Å². The van der Waals surface area contributed by atoms with Crippen molar-refractivity contribution in [2.24, 2.45) is 5.10 Å². The van der Waals surface area contributed by atoms with Crippen LogP contribution in [0.1, 0.15) is 21.6 Å². The lowest BCUT2D eigenvalue weighted by Crippen LogP contribution is -2.17. The molecule has 0 spiro atoms. The molecule has 0 atom stereocenters. The van der Waals surface area contributed by atoms with Gasteiger partial charge >= 0.3 is 0 Å². The number of hydrogen-bond acceptors (Lipinski definition) is 5. The highest BCUT2D eigenvalue weighted by molar-refractivity contribution is 5.94. The summed E-state index contributed by atoms with van der Waals surface area (Å²) >= 11 is 0. The Morgan fingerprint density at radius 3 is 2.61 bits per heavy atom. The zero-order chi connectivity index (χ0) is 21.5. The Morgan fingerprint density at radius 2 is 1.84 bits per heavy atom. The van der Waals surface area contributed by atoms with E-state index in [4.69, 9.17) is 4.74 Å². The van der Waals surface area contributed by atoms with Gasteiger partial charge in [-0.1, -0.05) is 42.5 Å². The van der Waals surface area contributed by atoms with Gasteiger partial charge in [-0.3, -0.25) is 9.89 Å². The van der Waals surface area contributed by atoms with E-state index in [-0.39, 0.29) is 11.4 Å². The monoisotopic (exact) mass is 412 g/mol. The maximum atomic E-state index is 12.3. The van der Waals surface area contributed by atoms with E-state index in [0.717, 1.165) is 16.9 Å². The van der Waals surface area contributed by atoms with Gasteiger partial charge in [0.2, 0.25) is 0 Å². The molecule has 1 heterocycles. The molecule has 7 nitrogen and oxygen atoms in total. The topological polar surface area (TPSA) is 99.6 Å². The van der Waals surface area contributed by atoms with Crippen molar-refractivity contribution in [2.75, 3.05) is 0 Å². The average molecular weight is 412 g/mol. The van der Waals surface area contributed by atoms with Crippen LogP contribution in [0.2, 0.25) is 0 Å². The van der Waals surface area contributed by atoms with Gasteiger partial charge in [-0.15, -0.1) is 0 Å². The predicted octanol–water partition coefficient (Wildman–Crippen LogP) is 4.13. The number of aromatic nitrogens is 2. The number of H-pyrrole nitrogens is 1. The normalized spacial score (nSPS) is 10.8. The average Bonchev–Trinajstić information content (AvgIpc) is 3.29. The fraction of sp³-hybridized carbons (Fsp3) is 0.0417. The van der Waals surface area contributed by atoms with Crippen LogP contribution in [0.15, 0.2) is 90.0 Å². The Morgan fingerprint density at radius 1 is 1.03 bits per heavy atom. The molecule has 0 aliphatic heterocycles. The van der Waals surface area contributed by atoms with Gasteiger partial charge in [0.25, 0.3) is 5.91 Å². The minimum atomic E-state index is -0.419. The number of aromatic hydroxyl groups is 1. The largest absolute Gasteiger partial charge is 0.508 e. The van der Waals surface area contributed by atoms with Crippen molar-refractivity contribution in [1.29, 1.82) is 0 Å². The Labute approximate surface area is 179 Å². The van der Waals surface area contributed by atoms with Crippen LogP contribution in [0.25, 0.3) is 11.3 Å². The van der Waals surface area contributed by atoms with E-state index in [0.29, 0.717) is 17.9 Å². The maximum Gasteiger partial charge on any atom is 0.289 e. The summed E-state index contributed by atoms with van der Waals surface area (Å²) in [5.74, 6) is 0.463. The van der Waals surface area contributed by atoms with Gasteiger partial charge in [-0.2, -0.15) is 10.2 Å². The molecule has 0 aliphatic carbocycles. The fourth-order valence-electron chi connectivity index (χ4n) is 2.88. The van der Waals surface area contributed by atoms with E-state index in [1.807, 2.05) is 54.6 Å². The molecule has 3 aromatic carbocycles. The maximum absolute atomic E-state index is 12.3. The van der Waals surface area contributed by atoms with Gasteiger partial charge in [0, 0.05) is 5.56 Å². The highest BCUT2D eigenvalue weighted by Crippen LogP contribution is 2.22. The standard InChI is InChI=1S/C24H20N4O3/c29-20-8-4-7-18(13-20)15-25-28-24(30)23-14-22(26-27-23)19-9-11-21(12-10-19)31-16-17-5-2-1-3-6-17/h1-15,29H,16H2,(H,26,27)(H,28,30). The number of rotatable bonds is 7. The number of carbonyl (C=O) groups excluding carboxylic acids is 1. The lowest BCUT2D eigenvalue weighted by atomic mass is 10.1. The highest BCUT2D eigenvalue weighted by atomic mass is 16.5. The molecule has 0 saturated carbocycles. The van der Waals surface area contributed by atoms with Gasteiger partial charge in [-0.05, 0) is 53.6 Å². The molecule has 7 heteroatoms. The van der Waals surface area contributed by atoms with Crippen LogP contribution in [-0.2, 0) is 6.61 Å². The second kappa shape index (κ2) is 9.41. The number of ether oxygens (including phenoxy) is 1. The molecule has 0 bridgehead atoms. The zero-order valence-corrected chi connectivity index (χ0v) is 16.5. The number of nitrogens with one attached hydrogen (secondary N) is 2. The van der Waals surface area contributed by atoms with E-state index >= 15 is 0 Å². The number of amides is 1. The summed E-state index contributed by atoms with van der Waals surface area (Å²) in [5, 5.41) is 20.3. The molecule has 0 unspecified atom stereocenters. The first kappa shape index (κ1) is 19.9. The van der Waals surface area contributed by atoms with Crippen LogP contribution < -0.4 is 10.2 Å². The summed E-state index contributed by atoms with van der Waals surface area (Å²) in [7, 11) is 0. The van der Waals surface area contributed by atoms with Crippen LogP contribution >= 0.6 is 0 Å². The molecule has 0 radical (unpaired) electrons. The Hall–Kier alpha value is -4.39. The molecule has 4 aromatic rings. The molecule has 0 fully saturated rings. The molecule has 1 aromatic heterocycles. The molecular weight excluding hydrogens is 392 g/mol. The number of nitrogens with zero attached hydrogens (tertiary/aromatic N) is 2. The van der Waals surface area contributed by atoms with E-state index in [1.54, 1.807) is 24.3 Å². The van der Waals surface area contributed by atoms with E-state index < -0.39 is 5.91 Å². The lowest BCUT2D eigenvalue weighted by Gasteiger charge is -2.06. The SMILES string of the molecule is O=C(NN=Cc1cccc(O)c1)c1cc(-c2ccc(OCc3ccccc3)cc2)n[nH]1. The molecule has 3 N–H and O–H groups in total. The molecule has 154 valence electrons. The van der Waals surface area contributed by atoms with Gasteiger partial charge < -0.3 is 9.84 Å². The Kier molecular flexibility index (Phi) is 6.04. The summed E-state index contributed by atoms with van der Waals surface area (Å²) in [5.41, 5.74) is 5.97. The van der Waals surface area contributed by atoms with E-state index in [2.05, 4.69) is 20.7 Å². The number of phenols is 1. The number of aromatic amines is 1. The van der Waals surface area contributed by atoms with Crippen molar-refractivity contribution in [2.45, 2.75) is 6.61 Å². The minimum absolute atomic E-state index is 0.130. The van der Waals surface area contributed by atoms with Crippen molar-refractivity contribution >= 4 is 12.1 Å². The number of hydrogen-bond donors (Lipinski definition) is 3. The van der Waals surface area contributed by atoms with Gasteiger partial charge in [0.15, 0.2) is 0 Å². The molecule has 31 heavy (non-hydrogen) atoms. The summed E-state index contributed by atoms with van der Waals surface area (Å²) in [4.78, 5) is 12.3. The molecule has 1 amide bonds. The summed E-state index contributed by atoms with van der Waals surface area (Å²) < 4.78 is 5.79. The smallest absolute Gasteiger partial charge is 0.289 e. The first-order chi connectivity index (χ1) is 15.2.